The minimum atomic E-state index is -0.801. The van der Waals surface area contributed by atoms with Gasteiger partial charge in [-0.25, -0.2) is 0 Å². The quantitative estimate of drug-likeness (QED) is 0.722. The molecule has 0 saturated carbocycles. The monoisotopic (exact) mass is 193 g/mol. The number of rotatable bonds is 3. The number of aryl methyl sites for hydroxylation is 1. The van der Waals surface area contributed by atoms with Crippen molar-refractivity contribution < 1.29 is 9.90 Å². The van der Waals surface area contributed by atoms with E-state index in [9.17, 15) is 4.79 Å². The molecule has 1 aromatic rings. The molecule has 0 fully saturated rings. The van der Waals surface area contributed by atoms with E-state index in [4.69, 9.17) is 10.8 Å². The molecule has 3 nitrogen and oxygen atoms in total. The molecule has 0 spiro atoms. The molecule has 0 saturated heterocycles. The van der Waals surface area contributed by atoms with E-state index >= 15 is 0 Å². The first kappa shape index (κ1) is 10.6. The number of nitrogen functional groups attached to an aromatic ring is 1. The van der Waals surface area contributed by atoms with Crippen LogP contribution in [-0.2, 0) is 11.2 Å². The third-order valence-electron chi connectivity index (χ3n) is 2.38. The average Bonchev–Trinajstić information content (AvgIpc) is 2.16. The molecule has 0 aliphatic rings. The Hall–Kier alpha value is -1.51. The molecule has 0 heterocycles. The van der Waals surface area contributed by atoms with Crippen molar-refractivity contribution >= 4 is 11.7 Å². The summed E-state index contributed by atoms with van der Waals surface area (Å²) in [4.78, 5) is 10.8. The van der Waals surface area contributed by atoms with Crippen LogP contribution in [0.5, 0.6) is 0 Å². The van der Waals surface area contributed by atoms with Gasteiger partial charge < -0.3 is 10.8 Å². The molecule has 0 amide bonds. The van der Waals surface area contributed by atoms with Crippen molar-refractivity contribution in [2.24, 2.45) is 0 Å². The van der Waals surface area contributed by atoms with Gasteiger partial charge >= 0.3 is 5.97 Å². The molecular weight excluding hydrogens is 178 g/mol. The fourth-order valence-corrected chi connectivity index (χ4v) is 1.49. The molecule has 0 bridgehead atoms. The molecule has 1 aromatic carbocycles. The van der Waals surface area contributed by atoms with Gasteiger partial charge in [0.25, 0.3) is 0 Å². The smallest absolute Gasteiger partial charge is 0.310 e. The van der Waals surface area contributed by atoms with Crippen molar-refractivity contribution in [3.8, 4) is 0 Å². The van der Waals surface area contributed by atoms with E-state index in [-0.39, 0.29) is 0 Å². The SMILES string of the molecule is CCc1cc(N)ccc1C(C)C(=O)O. The molecule has 0 radical (unpaired) electrons. The molecule has 76 valence electrons. The van der Waals surface area contributed by atoms with Gasteiger partial charge in [-0.15, -0.1) is 0 Å². The lowest BCUT2D eigenvalue weighted by molar-refractivity contribution is -0.138. The maximum absolute atomic E-state index is 10.8. The van der Waals surface area contributed by atoms with Gasteiger partial charge in [-0.1, -0.05) is 13.0 Å². The van der Waals surface area contributed by atoms with Crippen molar-refractivity contribution in [2.75, 3.05) is 5.73 Å². The minimum Gasteiger partial charge on any atom is -0.481 e. The van der Waals surface area contributed by atoms with Crippen LogP contribution in [0.3, 0.4) is 0 Å². The Bertz CT molecular complexity index is 347. The van der Waals surface area contributed by atoms with Crippen LogP contribution in [-0.4, -0.2) is 11.1 Å². The van der Waals surface area contributed by atoms with Crippen LogP contribution in [0.25, 0.3) is 0 Å². The molecule has 1 atom stereocenters. The van der Waals surface area contributed by atoms with E-state index in [2.05, 4.69) is 0 Å². The van der Waals surface area contributed by atoms with Crippen LogP contribution in [0.15, 0.2) is 18.2 Å². The highest BCUT2D eigenvalue weighted by atomic mass is 16.4. The van der Waals surface area contributed by atoms with E-state index in [0.717, 1.165) is 17.5 Å². The summed E-state index contributed by atoms with van der Waals surface area (Å²) in [6, 6.07) is 5.38. The molecule has 3 heteroatoms. The zero-order valence-electron chi connectivity index (χ0n) is 8.45. The summed E-state index contributed by atoms with van der Waals surface area (Å²) in [6.45, 7) is 3.68. The largest absolute Gasteiger partial charge is 0.481 e. The molecule has 14 heavy (non-hydrogen) atoms. The normalized spacial score (nSPS) is 12.4. The first-order chi connectivity index (χ1) is 6.56. The number of anilines is 1. The van der Waals surface area contributed by atoms with Crippen LogP contribution in [0.2, 0.25) is 0 Å². The summed E-state index contributed by atoms with van der Waals surface area (Å²) in [5.41, 5.74) is 8.18. The second-order valence-electron chi connectivity index (χ2n) is 3.37. The van der Waals surface area contributed by atoms with Gasteiger partial charge in [0.2, 0.25) is 0 Å². The fourth-order valence-electron chi connectivity index (χ4n) is 1.49. The Labute approximate surface area is 83.6 Å². The lowest BCUT2D eigenvalue weighted by Gasteiger charge is -2.12. The van der Waals surface area contributed by atoms with Gasteiger partial charge in [-0.2, -0.15) is 0 Å². The summed E-state index contributed by atoms with van der Waals surface area (Å²) in [5, 5.41) is 8.89. The van der Waals surface area contributed by atoms with Crippen molar-refractivity contribution in [3.05, 3.63) is 29.3 Å². The predicted octanol–water partition coefficient (Wildman–Crippen LogP) is 2.02. The Kier molecular flexibility index (Phi) is 3.12. The highest BCUT2D eigenvalue weighted by Crippen LogP contribution is 2.22. The average molecular weight is 193 g/mol. The third kappa shape index (κ3) is 2.05. The first-order valence-corrected chi connectivity index (χ1v) is 4.67. The summed E-state index contributed by atoms with van der Waals surface area (Å²) in [6.07, 6.45) is 0.804. The highest BCUT2D eigenvalue weighted by Gasteiger charge is 2.16. The van der Waals surface area contributed by atoms with Gasteiger partial charge in [-0.05, 0) is 36.6 Å². The number of hydrogen-bond acceptors (Lipinski definition) is 2. The van der Waals surface area contributed by atoms with Crippen molar-refractivity contribution in [1.82, 2.24) is 0 Å². The predicted molar refractivity (Wildman–Crippen MR) is 56.3 cm³/mol. The molecule has 3 N–H and O–H groups in total. The van der Waals surface area contributed by atoms with Crippen LogP contribution >= 0.6 is 0 Å². The van der Waals surface area contributed by atoms with Gasteiger partial charge in [0.1, 0.15) is 0 Å². The standard InChI is InChI=1S/C11H15NO2/c1-3-8-6-9(12)4-5-10(8)7(2)11(13)14/h4-7H,3,12H2,1-2H3,(H,13,14). The summed E-state index contributed by atoms with van der Waals surface area (Å²) < 4.78 is 0. The number of hydrogen-bond donors (Lipinski definition) is 2. The highest BCUT2D eigenvalue weighted by molar-refractivity contribution is 5.76. The molecule has 0 aliphatic heterocycles. The van der Waals surface area contributed by atoms with E-state index in [1.165, 1.54) is 0 Å². The van der Waals surface area contributed by atoms with Crippen LogP contribution in [0, 0.1) is 0 Å². The molecule has 1 rings (SSSR count). The van der Waals surface area contributed by atoms with Crippen molar-refractivity contribution in [3.63, 3.8) is 0 Å². The number of nitrogens with two attached hydrogens (primary N) is 1. The Balaban J connectivity index is 3.13. The maximum Gasteiger partial charge on any atom is 0.310 e. The van der Waals surface area contributed by atoms with Gasteiger partial charge in [0.05, 0.1) is 5.92 Å². The van der Waals surface area contributed by atoms with Crippen LogP contribution in [0.4, 0.5) is 5.69 Å². The number of carboxylic acid groups (broad SMARTS) is 1. The third-order valence-corrected chi connectivity index (χ3v) is 2.38. The topological polar surface area (TPSA) is 63.3 Å². The zero-order chi connectivity index (χ0) is 10.7. The first-order valence-electron chi connectivity index (χ1n) is 4.67. The van der Waals surface area contributed by atoms with Crippen molar-refractivity contribution in [2.45, 2.75) is 26.2 Å². The number of aliphatic carboxylic acids is 1. The van der Waals surface area contributed by atoms with E-state index < -0.39 is 11.9 Å². The van der Waals surface area contributed by atoms with Crippen LogP contribution in [0.1, 0.15) is 30.9 Å². The molecular formula is C11H15NO2. The Morgan fingerprint density at radius 2 is 2.21 bits per heavy atom. The van der Waals surface area contributed by atoms with Crippen molar-refractivity contribution in [1.29, 1.82) is 0 Å². The van der Waals surface area contributed by atoms with E-state index in [1.807, 2.05) is 13.0 Å². The lowest BCUT2D eigenvalue weighted by Crippen LogP contribution is -2.10. The Morgan fingerprint density at radius 1 is 1.57 bits per heavy atom. The van der Waals surface area contributed by atoms with Gasteiger partial charge in [0.15, 0.2) is 0 Å². The lowest BCUT2D eigenvalue weighted by atomic mass is 9.94. The fraction of sp³-hybridized carbons (Fsp3) is 0.364. The number of benzene rings is 1. The number of carboxylic acids is 1. The maximum atomic E-state index is 10.8. The second kappa shape index (κ2) is 4.13. The molecule has 1 unspecified atom stereocenters. The second-order valence-corrected chi connectivity index (χ2v) is 3.37. The Morgan fingerprint density at radius 3 is 2.71 bits per heavy atom. The molecule has 0 aliphatic carbocycles. The molecule has 0 aromatic heterocycles. The van der Waals surface area contributed by atoms with E-state index in [1.54, 1.807) is 19.1 Å². The van der Waals surface area contributed by atoms with E-state index in [0.29, 0.717) is 5.69 Å². The summed E-state index contributed by atoms with van der Waals surface area (Å²) in [5.74, 6) is -1.27. The van der Waals surface area contributed by atoms with Gasteiger partial charge in [-0.3, -0.25) is 4.79 Å². The summed E-state index contributed by atoms with van der Waals surface area (Å²) in [7, 11) is 0. The minimum absolute atomic E-state index is 0.467. The zero-order valence-corrected chi connectivity index (χ0v) is 8.45. The van der Waals surface area contributed by atoms with Gasteiger partial charge in [0, 0.05) is 5.69 Å². The number of carbonyl (C=O) groups is 1. The van der Waals surface area contributed by atoms with Crippen LogP contribution < -0.4 is 5.73 Å². The summed E-state index contributed by atoms with van der Waals surface area (Å²) >= 11 is 0.